The van der Waals surface area contributed by atoms with E-state index in [1.54, 1.807) is 23.1 Å². The second-order valence-corrected chi connectivity index (χ2v) is 8.45. The number of carbonyl (C=O) groups excluding carboxylic acids is 1. The van der Waals surface area contributed by atoms with Gasteiger partial charge in [0, 0.05) is 40.5 Å². The van der Waals surface area contributed by atoms with Crippen LogP contribution in [0.25, 0.3) is 17.5 Å². The Balaban J connectivity index is 1.54. The minimum atomic E-state index is -0.437. The largest absolute Gasteiger partial charge is 0.319 e. The van der Waals surface area contributed by atoms with Crippen LogP contribution >= 0.6 is 0 Å². The lowest BCUT2D eigenvalue weighted by Gasteiger charge is -2.21. The van der Waals surface area contributed by atoms with Crippen LogP contribution in [0.2, 0.25) is 0 Å². The van der Waals surface area contributed by atoms with Crippen LogP contribution in [0, 0.1) is 24.0 Å². The number of benzene rings is 3. The van der Waals surface area contributed by atoms with Gasteiger partial charge in [-0.1, -0.05) is 30.3 Å². The normalized spacial score (nSPS) is 14.5. The maximum absolute atomic E-state index is 13.6. The van der Waals surface area contributed by atoms with Crippen LogP contribution < -0.4 is 4.90 Å². The molecule has 0 bridgehead atoms. The van der Waals surface area contributed by atoms with Crippen LogP contribution in [0.4, 0.5) is 11.4 Å². The fourth-order valence-corrected chi connectivity index (χ4v) is 4.39. The van der Waals surface area contributed by atoms with Crippen LogP contribution in [0.3, 0.4) is 0 Å². The summed E-state index contributed by atoms with van der Waals surface area (Å²) >= 11 is 0. The van der Waals surface area contributed by atoms with Crippen LogP contribution in [0.15, 0.2) is 103 Å². The molecule has 0 saturated heterocycles. The van der Waals surface area contributed by atoms with E-state index in [1.165, 1.54) is 12.1 Å². The van der Waals surface area contributed by atoms with Crippen molar-refractivity contribution in [2.24, 2.45) is 0 Å². The van der Waals surface area contributed by atoms with Gasteiger partial charge in [-0.3, -0.25) is 19.8 Å². The molecule has 5 rings (SSSR count). The van der Waals surface area contributed by atoms with Crippen LogP contribution in [0.5, 0.6) is 0 Å². The van der Waals surface area contributed by atoms with Crippen molar-refractivity contribution in [3.63, 3.8) is 0 Å². The number of anilines is 1. The molecule has 2 heterocycles. The van der Waals surface area contributed by atoms with Gasteiger partial charge >= 0.3 is 0 Å². The van der Waals surface area contributed by atoms with Crippen LogP contribution in [0.1, 0.15) is 22.5 Å². The molecule has 3 aromatic carbocycles. The van der Waals surface area contributed by atoms with E-state index in [0.29, 0.717) is 5.57 Å². The first-order chi connectivity index (χ1) is 16.9. The van der Waals surface area contributed by atoms with Gasteiger partial charge in [-0.15, -0.1) is 0 Å². The molecule has 0 atom stereocenters. The van der Waals surface area contributed by atoms with Crippen molar-refractivity contribution in [2.75, 3.05) is 4.90 Å². The lowest BCUT2D eigenvalue weighted by atomic mass is 10.1. The summed E-state index contributed by atoms with van der Waals surface area (Å²) in [7, 11) is 0. The molecule has 1 amide bonds. The third kappa shape index (κ3) is 4.17. The van der Waals surface area contributed by atoms with E-state index < -0.39 is 4.92 Å². The van der Waals surface area contributed by atoms with Gasteiger partial charge in [-0.05, 0) is 85.7 Å². The van der Waals surface area contributed by atoms with E-state index >= 15 is 0 Å². The molecule has 172 valence electrons. The molecule has 0 N–H and O–H groups in total. The Morgan fingerprint density at radius 1 is 0.771 bits per heavy atom. The summed E-state index contributed by atoms with van der Waals surface area (Å²) < 4.78 is 2.17. The minimum absolute atomic E-state index is 0.0142. The molecule has 35 heavy (non-hydrogen) atoms. The number of amides is 1. The van der Waals surface area contributed by atoms with Crippen molar-refractivity contribution >= 4 is 29.1 Å². The molecule has 0 saturated carbocycles. The Kier molecular flexibility index (Phi) is 5.63. The van der Waals surface area contributed by atoms with Gasteiger partial charge < -0.3 is 4.57 Å². The Morgan fingerprint density at radius 2 is 1.37 bits per heavy atom. The van der Waals surface area contributed by atoms with Gasteiger partial charge in [0.15, 0.2) is 0 Å². The number of nitro benzene ring substituents is 1. The van der Waals surface area contributed by atoms with Gasteiger partial charge in [0.2, 0.25) is 0 Å². The zero-order chi connectivity index (χ0) is 24.5. The van der Waals surface area contributed by atoms with Crippen molar-refractivity contribution in [3.8, 4) is 5.69 Å². The lowest BCUT2D eigenvalue weighted by molar-refractivity contribution is -0.384. The number of aromatic nitrogens is 1. The Bertz CT molecular complexity index is 1460. The second-order valence-electron chi connectivity index (χ2n) is 8.45. The SMILES string of the molecule is Cc1ccc(C)n1-c1ccc(N2C(=O)/C(=C/c3ccc([N+](=O)[O-])cc3)C=C2c2ccccc2)cc1. The average molecular weight is 462 g/mol. The van der Waals surface area contributed by atoms with E-state index in [0.717, 1.165) is 39.6 Å². The molecule has 0 aliphatic carbocycles. The zero-order valence-electron chi connectivity index (χ0n) is 19.4. The summed E-state index contributed by atoms with van der Waals surface area (Å²) in [4.78, 5) is 25.8. The van der Waals surface area contributed by atoms with Crippen LogP contribution in [-0.2, 0) is 4.79 Å². The number of hydrogen-bond donors (Lipinski definition) is 0. The predicted molar refractivity (Wildman–Crippen MR) is 138 cm³/mol. The topological polar surface area (TPSA) is 68.4 Å². The molecule has 6 heteroatoms. The highest BCUT2D eigenvalue weighted by molar-refractivity contribution is 6.23. The maximum atomic E-state index is 13.6. The van der Waals surface area contributed by atoms with Crippen molar-refractivity contribution in [3.05, 3.63) is 135 Å². The molecular weight excluding hydrogens is 438 g/mol. The summed E-state index contributed by atoms with van der Waals surface area (Å²) in [5.41, 5.74) is 7.04. The van der Waals surface area contributed by atoms with Gasteiger partial charge in [0.1, 0.15) is 0 Å². The van der Waals surface area contributed by atoms with Gasteiger partial charge in [0.25, 0.3) is 11.6 Å². The lowest BCUT2D eigenvalue weighted by Crippen LogP contribution is -2.25. The van der Waals surface area contributed by atoms with E-state index in [9.17, 15) is 14.9 Å². The molecule has 0 unspecified atom stereocenters. The molecule has 4 aromatic rings. The van der Waals surface area contributed by atoms with E-state index in [-0.39, 0.29) is 11.6 Å². The van der Waals surface area contributed by atoms with E-state index in [4.69, 9.17) is 0 Å². The molecule has 6 nitrogen and oxygen atoms in total. The summed E-state index contributed by atoms with van der Waals surface area (Å²) in [6, 6.07) is 28.1. The molecule has 0 fully saturated rings. The van der Waals surface area contributed by atoms with Crippen molar-refractivity contribution in [1.29, 1.82) is 0 Å². The Labute approximate surface area is 203 Å². The van der Waals surface area contributed by atoms with E-state index in [2.05, 4.69) is 30.5 Å². The minimum Gasteiger partial charge on any atom is -0.319 e. The molecule has 0 radical (unpaired) electrons. The first-order valence-electron chi connectivity index (χ1n) is 11.3. The highest BCUT2D eigenvalue weighted by atomic mass is 16.6. The number of hydrogen-bond acceptors (Lipinski definition) is 3. The average Bonchev–Trinajstić information content (AvgIpc) is 3.38. The standard InChI is InChI=1S/C29H23N3O3/c1-20-8-9-21(2)30(20)25-14-16-26(17-15-25)31-28(23-6-4-3-5-7-23)19-24(29(31)33)18-22-10-12-27(13-11-22)32(34)35/h3-19H,1-2H3/b24-18+. The number of rotatable bonds is 5. The molecular formula is C29H23N3O3. The number of carbonyl (C=O) groups is 1. The summed E-state index contributed by atoms with van der Waals surface area (Å²) in [6.07, 6.45) is 3.63. The first kappa shape index (κ1) is 22.1. The molecule has 1 aromatic heterocycles. The number of nitro groups is 1. The first-order valence-corrected chi connectivity index (χ1v) is 11.3. The summed E-state index contributed by atoms with van der Waals surface area (Å²) in [6.45, 7) is 4.13. The fourth-order valence-electron chi connectivity index (χ4n) is 4.39. The monoisotopic (exact) mass is 461 g/mol. The Morgan fingerprint density at radius 3 is 1.97 bits per heavy atom. The number of aryl methyl sites for hydroxylation is 2. The third-order valence-electron chi connectivity index (χ3n) is 6.12. The summed E-state index contributed by atoms with van der Waals surface area (Å²) in [5, 5.41) is 11.0. The van der Waals surface area contributed by atoms with Gasteiger partial charge in [0.05, 0.1) is 10.6 Å². The highest BCUT2D eigenvalue weighted by Crippen LogP contribution is 2.36. The van der Waals surface area contributed by atoms with Crippen molar-refractivity contribution in [2.45, 2.75) is 13.8 Å². The molecule has 1 aliphatic heterocycles. The summed E-state index contributed by atoms with van der Waals surface area (Å²) in [5.74, 6) is -0.150. The molecule has 0 spiro atoms. The molecule has 1 aliphatic rings. The second kappa shape index (κ2) is 8.91. The van der Waals surface area contributed by atoms with Crippen LogP contribution in [-0.4, -0.2) is 15.4 Å². The van der Waals surface area contributed by atoms with Crippen molar-refractivity contribution < 1.29 is 9.72 Å². The fraction of sp³-hybridized carbons (Fsp3) is 0.0690. The quantitative estimate of drug-likeness (QED) is 0.194. The van der Waals surface area contributed by atoms with Crippen molar-refractivity contribution in [1.82, 2.24) is 4.57 Å². The maximum Gasteiger partial charge on any atom is 0.269 e. The zero-order valence-corrected chi connectivity index (χ0v) is 19.4. The number of non-ortho nitro benzene ring substituents is 1. The Hall–Kier alpha value is -4.71. The predicted octanol–water partition coefficient (Wildman–Crippen LogP) is 6.47. The van der Waals surface area contributed by atoms with Gasteiger partial charge in [-0.25, -0.2) is 0 Å². The highest BCUT2D eigenvalue weighted by Gasteiger charge is 2.30. The number of nitrogens with zero attached hydrogens (tertiary/aromatic N) is 3. The van der Waals surface area contributed by atoms with E-state index in [1.807, 2.05) is 60.7 Å². The third-order valence-corrected chi connectivity index (χ3v) is 6.12. The van der Waals surface area contributed by atoms with Gasteiger partial charge in [-0.2, -0.15) is 0 Å². The smallest absolute Gasteiger partial charge is 0.269 e.